The lowest BCUT2D eigenvalue weighted by Crippen LogP contribution is -2.14. The van der Waals surface area contributed by atoms with E-state index in [-0.39, 0.29) is 17.5 Å². The average Bonchev–Trinajstić information content (AvgIpc) is 2.45. The molecular weight excluding hydrogens is 344 g/mol. The summed E-state index contributed by atoms with van der Waals surface area (Å²) in [5.41, 5.74) is 2.13. The molecule has 2 rings (SSSR count). The Morgan fingerprint density at radius 3 is 2.68 bits per heavy atom. The third-order valence-corrected chi connectivity index (χ3v) is 4.59. The van der Waals surface area contributed by atoms with Crippen LogP contribution in [-0.4, -0.2) is 11.7 Å². The van der Waals surface area contributed by atoms with Crippen LogP contribution in [0.5, 0.6) is 0 Å². The summed E-state index contributed by atoms with van der Waals surface area (Å²) in [6, 6.07) is 9.87. The highest BCUT2D eigenvalue weighted by Crippen LogP contribution is 2.21. The maximum Gasteiger partial charge on any atom is 0.234 e. The van der Waals surface area contributed by atoms with Crippen molar-refractivity contribution in [2.75, 3.05) is 11.1 Å². The molecule has 0 atom stereocenters. The molecule has 0 radical (unpaired) electrons. The molecule has 0 bridgehead atoms. The van der Waals surface area contributed by atoms with Crippen molar-refractivity contribution in [3.8, 4) is 0 Å². The molecule has 0 saturated carbocycles. The van der Waals surface area contributed by atoms with E-state index in [1.165, 1.54) is 17.8 Å². The maximum absolute atomic E-state index is 13.6. The molecule has 2 aromatic carbocycles. The first-order valence-electron chi connectivity index (χ1n) is 6.53. The molecule has 0 aromatic heterocycles. The van der Waals surface area contributed by atoms with E-state index < -0.39 is 0 Å². The van der Waals surface area contributed by atoms with E-state index in [1.54, 1.807) is 24.3 Å². The van der Waals surface area contributed by atoms with Crippen molar-refractivity contribution in [3.05, 3.63) is 63.4 Å². The molecule has 0 aliphatic heterocycles. The minimum absolute atomic E-state index is 0.153. The lowest BCUT2D eigenvalue weighted by molar-refractivity contribution is -0.113. The van der Waals surface area contributed by atoms with E-state index >= 15 is 0 Å². The molecule has 6 heteroatoms. The SMILES string of the molecule is Cc1ccc(NC(=O)CSCc2ccc(Cl)cc2F)cc1Cl. The molecule has 0 saturated heterocycles. The predicted molar refractivity (Wildman–Crippen MR) is 92.4 cm³/mol. The van der Waals surface area contributed by atoms with Gasteiger partial charge >= 0.3 is 0 Å². The number of amides is 1. The standard InChI is InChI=1S/C16H14Cl2FNOS/c1-10-2-5-13(7-14(10)18)20-16(21)9-22-8-11-3-4-12(17)6-15(11)19/h2-7H,8-9H2,1H3,(H,20,21). The number of carbonyl (C=O) groups excluding carboxylic acids is 1. The third kappa shape index (κ3) is 4.90. The van der Waals surface area contributed by atoms with Crippen molar-refractivity contribution in [1.82, 2.24) is 0 Å². The minimum atomic E-state index is -0.356. The molecule has 0 heterocycles. The molecular formula is C16H14Cl2FNOS. The highest BCUT2D eigenvalue weighted by atomic mass is 35.5. The van der Waals surface area contributed by atoms with Gasteiger partial charge < -0.3 is 5.32 Å². The molecule has 2 aromatic rings. The summed E-state index contributed by atoms with van der Waals surface area (Å²) >= 11 is 13.0. The van der Waals surface area contributed by atoms with E-state index in [0.29, 0.717) is 27.0 Å². The van der Waals surface area contributed by atoms with E-state index in [0.717, 1.165) is 5.56 Å². The van der Waals surface area contributed by atoms with Crippen LogP contribution in [0.1, 0.15) is 11.1 Å². The van der Waals surface area contributed by atoms with Crippen LogP contribution in [0.4, 0.5) is 10.1 Å². The number of aryl methyl sites for hydroxylation is 1. The highest BCUT2D eigenvalue weighted by molar-refractivity contribution is 7.99. The number of hydrogen-bond acceptors (Lipinski definition) is 2. The summed E-state index contributed by atoms with van der Waals surface area (Å²) in [7, 11) is 0. The molecule has 0 fully saturated rings. The summed E-state index contributed by atoms with van der Waals surface area (Å²) in [6.45, 7) is 1.89. The number of rotatable bonds is 5. The Kier molecular flexibility index (Phi) is 6.12. The maximum atomic E-state index is 13.6. The zero-order valence-corrected chi connectivity index (χ0v) is 14.2. The zero-order valence-electron chi connectivity index (χ0n) is 11.8. The second kappa shape index (κ2) is 7.86. The van der Waals surface area contributed by atoms with Crippen molar-refractivity contribution < 1.29 is 9.18 Å². The number of thioether (sulfide) groups is 1. The van der Waals surface area contributed by atoms with Crippen molar-refractivity contribution in [2.45, 2.75) is 12.7 Å². The average molecular weight is 358 g/mol. The minimum Gasteiger partial charge on any atom is -0.325 e. The van der Waals surface area contributed by atoms with Crippen LogP contribution in [0.3, 0.4) is 0 Å². The van der Waals surface area contributed by atoms with Gasteiger partial charge in [0.05, 0.1) is 5.75 Å². The Bertz CT molecular complexity index is 694. The van der Waals surface area contributed by atoms with Gasteiger partial charge in [0.2, 0.25) is 5.91 Å². The van der Waals surface area contributed by atoms with E-state index in [1.807, 2.05) is 13.0 Å². The Morgan fingerprint density at radius 1 is 1.23 bits per heavy atom. The van der Waals surface area contributed by atoms with Crippen LogP contribution >= 0.6 is 35.0 Å². The van der Waals surface area contributed by atoms with Crippen LogP contribution < -0.4 is 5.32 Å². The van der Waals surface area contributed by atoms with Gasteiger partial charge in [0.25, 0.3) is 0 Å². The lowest BCUT2D eigenvalue weighted by Gasteiger charge is -2.07. The monoisotopic (exact) mass is 357 g/mol. The molecule has 0 aliphatic carbocycles. The summed E-state index contributed by atoms with van der Waals surface area (Å²) < 4.78 is 13.6. The van der Waals surface area contributed by atoms with E-state index in [2.05, 4.69) is 5.32 Å². The van der Waals surface area contributed by atoms with Gasteiger partial charge in [0.1, 0.15) is 5.82 Å². The molecule has 116 valence electrons. The fourth-order valence-electron chi connectivity index (χ4n) is 1.76. The van der Waals surface area contributed by atoms with Gasteiger partial charge in [-0.2, -0.15) is 0 Å². The Morgan fingerprint density at radius 2 is 2.00 bits per heavy atom. The number of halogens is 3. The lowest BCUT2D eigenvalue weighted by atomic mass is 10.2. The van der Waals surface area contributed by atoms with Crippen molar-refractivity contribution in [1.29, 1.82) is 0 Å². The van der Waals surface area contributed by atoms with Gasteiger partial charge in [0.15, 0.2) is 0 Å². The Labute approximate surface area is 143 Å². The van der Waals surface area contributed by atoms with E-state index in [9.17, 15) is 9.18 Å². The smallest absolute Gasteiger partial charge is 0.234 e. The summed E-state index contributed by atoms with van der Waals surface area (Å²) in [6.07, 6.45) is 0. The van der Waals surface area contributed by atoms with Gasteiger partial charge in [-0.1, -0.05) is 35.3 Å². The highest BCUT2D eigenvalue weighted by Gasteiger charge is 2.07. The van der Waals surface area contributed by atoms with Crippen molar-refractivity contribution in [3.63, 3.8) is 0 Å². The molecule has 0 aliphatic rings. The van der Waals surface area contributed by atoms with Crippen molar-refractivity contribution >= 4 is 46.6 Å². The van der Waals surface area contributed by atoms with Gasteiger partial charge in [-0.25, -0.2) is 4.39 Å². The number of hydrogen-bond donors (Lipinski definition) is 1. The van der Waals surface area contributed by atoms with Crippen LogP contribution in [0.2, 0.25) is 10.0 Å². The summed E-state index contributed by atoms with van der Waals surface area (Å²) in [4.78, 5) is 11.8. The second-order valence-corrected chi connectivity index (χ2v) is 6.57. The Hall–Kier alpha value is -1.23. The first-order chi connectivity index (χ1) is 10.5. The van der Waals surface area contributed by atoms with Crippen LogP contribution in [0.25, 0.3) is 0 Å². The fraction of sp³-hybridized carbons (Fsp3) is 0.188. The molecule has 2 nitrogen and oxygen atoms in total. The quantitative estimate of drug-likeness (QED) is 0.785. The fourth-order valence-corrected chi connectivity index (χ4v) is 2.91. The number of benzene rings is 2. The topological polar surface area (TPSA) is 29.1 Å². The van der Waals surface area contributed by atoms with Crippen LogP contribution in [0, 0.1) is 12.7 Å². The molecule has 1 amide bonds. The second-order valence-electron chi connectivity index (χ2n) is 4.74. The largest absolute Gasteiger partial charge is 0.325 e. The summed E-state index contributed by atoms with van der Waals surface area (Å²) in [5, 5.41) is 3.73. The first kappa shape index (κ1) is 17.1. The zero-order chi connectivity index (χ0) is 16.1. The summed E-state index contributed by atoms with van der Waals surface area (Å²) in [5.74, 6) is 0.128. The molecule has 0 spiro atoms. The molecule has 22 heavy (non-hydrogen) atoms. The molecule has 1 N–H and O–H groups in total. The van der Waals surface area contributed by atoms with Crippen molar-refractivity contribution in [2.24, 2.45) is 0 Å². The normalized spacial score (nSPS) is 10.5. The molecule has 0 unspecified atom stereocenters. The third-order valence-electron chi connectivity index (χ3n) is 2.96. The van der Waals surface area contributed by atoms with Gasteiger partial charge in [-0.3, -0.25) is 4.79 Å². The first-order valence-corrected chi connectivity index (χ1v) is 8.44. The number of anilines is 1. The predicted octanol–water partition coefficient (Wildman–Crippen LogP) is 5.31. The van der Waals surface area contributed by atoms with Crippen LogP contribution in [0.15, 0.2) is 36.4 Å². The van der Waals surface area contributed by atoms with Gasteiger partial charge in [0, 0.05) is 21.5 Å². The van der Waals surface area contributed by atoms with Crippen LogP contribution in [-0.2, 0) is 10.5 Å². The Balaban J connectivity index is 1.83. The van der Waals surface area contributed by atoms with Gasteiger partial charge in [-0.05, 0) is 42.3 Å². The van der Waals surface area contributed by atoms with E-state index in [4.69, 9.17) is 23.2 Å². The van der Waals surface area contributed by atoms with Gasteiger partial charge in [-0.15, -0.1) is 11.8 Å². The number of carbonyl (C=O) groups is 1. The number of nitrogens with one attached hydrogen (secondary N) is 1.